The Bertz CT molecular complexity index is 657. The quantitative estimate of drug-likeness (QED) is 0.655. The molecule has 0 saturated carbocycles. The van der Waals surface area contributed by atoms with Gasteiger partial charge < -0.3 is 14.6 Å². The number of nitrogens with one attached hydrogen (secondary N) is 1. The highest BCUT2D eigenvalue weighted by atomic mass is 16.5. The van der Waals surface area contributed by atoms with Gasteiger partial charge in [0.25, 0.3) is 0 Å². The van der Waals surface area contributed by atoms with E-state index in [1.807, 2.05) is 18.2 Å². The lowest BCUT2D eigenvalue weighted by Crippen LogP contribution is -2.21. The number of benzene rings is 1. The number of nitrogens with zero attached hydrogens (tertiary/aromatic N) is 1. The van der Waals surface area contributed by atoms with Gasteiger partial charge in [-0.3, -0.25) is 4.79 Å². The zero-order valence-corrected chi connectivity index (χ0v) is 12.6. The fourth-order valence-electron chi connectivity index (χ4n) is 2.47. The first-order chi connectivity index (χ1) is 10.2. The van der Waals surface area contributed by atoms with Crippen LogP contribution in [0.15, 0.2) is 18.2 Å². The smallest absolute Gasteiger partial charge is 0.355 e. The van der Waals surface area contributed by atoms with Crippen LogP contribution in [0.3, 0.4) is 0 Å². The number of hydrogen-bond acceptors (Lipinski definition) is 4. The molecule has 0 aliphatic carbocycles. The van der Waals surface area contributed by atoms with Gasteiger partial charge in [0.2, 0.25) is 0 Å². The predicted molar refractivity (Wildman–Crippen MR) is 83.2 cm³/mol. The number of H-pyrrole nitrogens is 1. The van der Waals surface area contributed by atoms with Crippen molar-refractivity contribution in [3.63, 3.8) is 0 Å². The average Bonchev–Trinajstić information content (AvgIpc) is 2.86. The number of aromatic nitrogens is 1. The molecule has 112 valence electrons. The van der Waals surface area contributed by atoms with Gasteiger partial charge in [-0.05, 0) is 39.0 Å². The summed E-state index contributed by atoms with van der Waals surface area (Å²) >= 11 is 0. The zero-order chi connectivity index (χ0) is 15.4. The van der Waals surface area contributed by atoms with Crippen LogP contribution < -0.4 is 4.90 Å². The highest BCUT2D eigenvalue weighted by Crippen LogP contribution is 2.26. The maximum atomic E-state index is 11.9. The highest BCUT2D eigenvalue weighted by molar-refractivity contribution is 6.08. The van der Waals surface area contributed by atoms with Crippen molar-refractivity contribution in [3.05, 3.63) is 29.5 Å². The minimum absolute atomic E-state index is 0.221. The lowest BCUT2D eigenvalue weighted by molar-refractivity contribution is 0.0518. The molecule has 1 heterocycles. The van der Waals surface area contributed by atoms with Gasteiger partial charge in [0, 0.05) is 29.7 Å². The normalized spacial score (nSPS) is 10.6. The second-order valence-electron chi connectivity index (χ2n) is 4.65. The third kappa shape index (κ3) is 2.77. The zero-order valence-electron chi connectivity index (χ0n) is 12.6. The van der Waals surface area contributed by atoms with Crippen LogP contribution in [0.2, 0.25) is 0 Å². The van der Waals surface area contributed by atoms with Crippen molar-refractivity contribution in [2.45, 2.75) is 20.8 Å². The number of aromatic amines is 1. The summed E-state index contributed by atoms with van der Waals surface area (Å²) in [7, 11) is 0. The lowest BCUT2D eigenvalue weighted by atomic mass is 10.1. The molecule has 1 N–H and O–H groups in total. The van der Waals surface area contributed by atoms with Gasteiger partial charge in [0.1, 0.15) is 5.69 Å². The standard InChI is InChI=1S/C16H20N2O3/c1-4-18(5-2)11-7-8-14-12(9-11)13(10-19)15(17-14)16(20)21-6-3/h7-10,17H,4-6H2,1-3H3. The van der Waals surface area contributed by atoms with Gasteiger partial charge in [0.05, 0.1) is 12.2 Å². The Labute approximate surface area is 123 Å². The number of fused-ring (bicyclic) bond motifs is 1. The minimum Gasteiger partial charge on any atom is -0.461 e. The van der Waals surface area contributed by atoms with Gasteiger partial charge in [-0.15, -0.1) is 0 Å². The molecule has 0 aliphatic heterocycles. The van der Waals surface area contributed by atoms with Crippen molar-refractivity contribution in [2.75, 3.05) is 24.6 Å². The fourth-order valence-corrected chi connectivity index (χ4v) is 2.47. The fraction of sp³-hybridized carbons (Fsp3) is 0.375. The molecule has 1 aromatic heterocycles. The molecule has 0 aliphatic rings. The molecular weight excluding hydrogens is 268 g/mol. The van der Waals surface area contributed by atoms with Crippen LogP contribution >= 0.6 is 0 Å². The second kappa shape index (κ2) is 6.43. The number of carbonyl (C=O) groups excluding carboxylic acids is 2. The first-order valence-electron chi connectivity index (χ1n) is 7.19. The summed E-state index contributed by atoms with van der Waals surface area (Å²) in [5.41, 5.74) is 2.37. The van der Waals surface area contributed by atoms with E-state index in [2.05, 4.69) is 23.7 Å². The summed E-state index contributed by atoms with van der Waals surface area (Å²) in [5.74, 6) is -0.500. The molecule has 0 spiro atoms. The van der Waals surface area contributed by atoms with Crippen molar-refractivity contribution in [2.24, 2.45) is 0 Å². The maximum Gasteiger partial charge on any atom is 0.355 e. The first-order valence-corrected chi connectivity index (χ1v) is 7.19. The predicted octanol–water partition coefficient (Wildman–Crippen LogP) is 3.00. The molecule has 0 amide bonds. The largest absolute Gasteiger partial charge is 0.461 e. The Morgan fingerprint density at radius 3 is 2.57 bits per heavy atom. The van der Waals surface area contributed by atoms with E-state index in [1.54, 1.807) is 6.92 Å². The van der Waals surface area contributed by atoms with Crippen LogP contribution in [-0.2, 0) is 4.74 Å². The van der Waals surface area contributed by atoms with Gasteiger partial charge in [-0.25, -0.2) is 4.79 Å². The van der Waals surface area contributed by atoms with E-state index in [9.17, 15) is 9.59 Å². The topological polar surface area (TPSA) is 62.4 Å². The van der Waals surface area contributed by atoms with Crippen LogP contribution in [0, 0.1) is 0 Å². The molecule has 0 fully saturated rings. The van der Waals surface area contributed by atoms with Gasteiger partial charge in [-0.2, -0.15) is 0 Å². The highest BCUT2D eigenvalue weighted by Gasteiger charge is 2.19. The van der Waals surface area contributed by atoms with Crippen LogP contribution in [-0.4, -0.2) is 36.9 Å². The molecule has 0 radical (unpaired) electrons. The van der Waals surface area contributed by atoms with Gasteiger partial charge in [-0.1, -0.05) is 0 Å². The third-order valence-electron chi connectivity index (χ3n) is 3.55. The molecule has 0 atom stereocenters. The molecule has 5 heteroatoms. The second-order valence-corrected chi connectivity index (χ2v) is 4.65. The van der Waals surface area contributed by atoms with Crippen LogP contribution in [0.25, 0.3) is 10.9 Å². The lowest BCUT2D eigenvalue weighted by Gasteiger charge is -2.20. The Kier molecular flexibility index (Phi) is 4.62. The number of hydrogen-bond donors (Lipinski definition) is 1. The van der Waals surface area contributed by atoms with Crippen molar-refractivity contribution < 1.29 is 14.3 Å². The van der Waals surface area contributed by atoms with Gasteiger partial charge >= 0.3 is 5.97 Å². The summed E-state index contributed by atoms with van der Waals surface area (Å²) < 4.78 is 4.98. The maximum absolute atomic E-state index is 11.9. The summed E-state index contributed by atoms with van der Waals surface area (Å²) in [5, 5.41) is 0.748. The number of carbonyl (C=O) groups is 2. The Hall–Kier alpha value is -2.30. The third-order valence-corrected chi connectivity index (χ3v) is 3.55. The van der Waals surface area contributed by atoms with Gasteiger partial charge in [0.15, 0.2) is 6.29 Å². The summed E-state index contributed by atoms with van der Waals surface area (Å²) in [4.78, 5) is 28.5. The minimum atomic E-state index is -0.500. The van der Waals surface area contributed by atoms with Crippen LogP contribution in [0.4, 0.5) is 5.69 Å². The van der Waals surface area contributed by atoms with E-state index in [4.69, 9.17) is 4.74 Å². The molecule has 0 unspecified atom stereocenters. The van der Waals surface area contributed by atoms with E-state index >= 15 is 0 Å². The molecule has 1 aromatic carbocycles. The van der Waals surface area contributed by atoms with E-state index in [0.29, 0.717) is 11.8 Å². The van der Waals surface area contributed by atoms with Crippen LogP contribution in [0.5, 0.6) is 0 Å². The Morgan fingerprint density at radius 1 is 1.29 bits per heavy atom. The Morgan fingerprint density at radius 2 is 2.00 bits per heavy atom. The van der Waals surface area contributed by atoms with Crippen molar-refractivity contribution in [1.82, 2.24) is 4.98 Å². The molecule has 21 heavy (non-hydrogen) atoms. The number of ether oxygens (including phenoxy) is 1. The van der Waals surface area contributed by atoms with E-state index < -0.39 is 5.97 Å². The molecular formula is C16H20N2O3. The summed E-state index contributed by atoms with van der Waals surface area (Å²) in [6.07, 6.45) is 0.705. The molecule has 2 rings (SSSR count). The van der Waals surface area contributed by atoms with Crippen molar-refractivity contribution in [3.8, 4) is 0 Å². The average molecular weight is 288 g/mol. The number of aldehydes is 1. The van der Waals surface area contributed by atoms with Crippen molar-refractivity contribution >= 4 is 28.8 Å². The van der Waals surface area contributed by atoms with Crippen LogP contribution in [0.1, 0.15) is 41.6 Å². The SMILES string of the molecule is CCOC(=O)c1[nH]c2ccc(N(CC)CC)cc2c1C=O. The molecule has 0 saturated heterocycles. The number of anilines is 1. The monoisotopic (exact) mass is 288 g/mol. The first kappa shape index (κ1) is 15.1. The summed E-state index contributed by atoms with van der Waals surface area (Å²) in [6, 6.07) is 5.80. The molecule has 5 nitrogen and oxygen atoms in total. The Balaban J connectivity index is 2.56. The number of esters is 1. The molecule has 0 bridgehead atoms. The summed E-state index contributed by atoms with van der Waals surface area (Å²) in [6.45, 7) is 7.93. The van der Waals surface area contributed by atoms with E-state index in [-0.39, 0.29) is 12.3 Å². The van der Waals surface area contributed by atoms with E-state index in [0.717, 1.165) is 29.7 Å². The number of rotatable bonds is 6. The van der Waals surface area contributed by atoms with E-state index in [1.165, 1.54) is 0 Å². The molecule has 2 aromatic rings. The van der Waals surface area contributed by atoms with Crippen molar-refractivity contribution in [1.29, 1.82) is 0 Å².